The summed E-state index contributed by atoms with van der Waals surface area (Å²) in [6.07, 6.45) is 0.996. The molecule has 5 nitrogen and oxygen atoms in total. The van der Waals surface area contributed by atoms with E-state index in [1.54, 1.807) is 25.6 Å². The van der Waals surface area contributed by atoms with Gasteiger partial charge in [-0.3, -0.25) is 14.5 Å². The lowest BCUT2D eigenvalue weighted by atomic mass is 9.94. The van der Waals surface area contributed by atoms with Gasteiger partial charge in [0.1, 0.15) is 5.82 Å². The van der Waals surface area contributed by atoms with E-state index in [2.05, 4.69) is 10.1 Å². The number of nitrogens with zero attached hydrogens (tertiary/aromatic N) is 4. The first-order valence-electron chi connectivity index (χ1n) is 6.01. The summed E-state index contributed by atoms with van der Waals surface area (Å²) in [6, 6.07) is 4.46. The predicted octanol–water partition coefficient (Wildman–Crippen LogP) is 2.06. The van der Waals surface area contributed by atoms with Gasteiger partial charge in [0.05, 0.1) is 29.2 Å². The number of Topliss-reactive ketones (excluding diaryl/α,β-unsaturated/α-hetero) is 1. The zero-order chi connectivity index (χ0) is 14.9. The molecule has 0 fully saturated rings. The van der Waals surface area contributed by atoms with Crippen LogP contribution in [0, 0.1) is 31.0 Å². The first-order chi connectivity index (χ1) is 9.45. The Hall–Kier alpha value is -2.55. The Labute approximate surface area is 115 Å². The second-order valence-electron chi connectivity index (χ2n) is 4.50. The van der Waals surface area contributed by atoms with Crippen molar-refractivity contribution in [1.29, 1.82) is 5.26 Å². The second-order valence-corrected chi connectivity index (χ2v) is 4.50. The summed E-state index contributed by atoms with van der Waals surface area (Å²) < 4.78 is 14.5. The van der Waals surface area contributed by atoms with E-state index < -0.39 is 11.7 Å². The molecule has 0 saturated heterocycles. The van der Waals surface area contributed by atoms with Crippen LogP contribution in [0.2, 0.25) is 0 Å². The molecular formula is C14H13FN4O. The Morgan fingerprint density at radius 3 is 2.60 bits per heavy atom. The van der Waals surface area contributed by atoms with Gasteiger partial charge in [-0.2, -0.15) is 10.4 Å². The standard InChI is InChI=1S/C14H13FN4O/c1-8-13(9(2)19(3)18-8)14(20)11(6-16)12-5-4-10(15)7-17-12/h4-5,7,11H,1-3H3/t11-/m1/s1. The molecule has 0 unspecified atom stereocenters. The molecule has 0 saturated carbocycles. The molecule has 1 atom stereocenters. The lowest BCUT2D eigenvalue weighted by Crippen LogP contribution is -2.14. The van der Waals surface area contributed by atoms with Crippen molar-refractivity contribution in [3.8, 4) is 6.07 Å². The smallest absolute Gasteiger partial charge is 0.189 e. The minimum absolute atomic E-state index is 0.238. The van der Waals surface area contributed by atoms with Crippen LogP contribution in [0.15, 0.2) is 18.3 Å². The molecule has 2 heterocycles. The van der Waals surface area contributed by atoms with Crippen LogP contribution in [-0.2, 0) is 7.05 Å². The molecule has 0 aliphatic heterocycles. The van der Waals surface area contributed by atoms with Gasteiger partial charge in [-0.25, -0.2) is 4.39 Å². The van der Waals surface area contributed by atoms with Gasteiger partial charge in [-0.05, 0) is 26.0 Å². The Kier molecular flexibility index (Phi) is 3.61. The third-order valence-corrected chi connectivity index (χ3v) is 3.19. The Morgan fingerprint density at radius 2 is 2.15 bits per heavy atom. The zero-order valence-electron chi connectivity index (χ0n) is 11.4. The SMILES string of the molecule is Cc1nn(C)c(C)c1C(=O)[C@H](C#N)c1ccc(F)cn1. The number of rotatable bonds is 3. The average Bonchev–Trinajstić information content (AvgIpc) is 2.66. The topological polar surface area (TPSA) is 71.6 Å². The van der Waals surface area contributed by atoms with Crippen molar-refractivity contribution in [2.45, 2.75) is 19.8 Å². The average molecular weight is 272 g/mol. The minimum atomic E-state index is -1.06. The monoisotopic (exact) mass is 272 g/mol. The van der Waals surface area contributed by atoms with Gasteiger partial charge >= 0.3 is 0 Å². The van der Waals surface area contributed by atoms with Gasteiger partial charge in [-0.15, -0.1) is 0 Å². The molecule has 0 amide bonds. The van der Waals surface area contributed by atoms with E-state index in [9.17, 15) is 14.4 Å². The van der Waals surface area contributed by atoms with Gasteiger partial charge in [0.25, 0.3) is 0 Å². The van der Waals surface area contributed by atoms with Crippen LogP contribution >= 0.6 is 0 Å². The van der Waals surface area contributed by atoms with Gasteiger partial charge < -0.3 is 0 Å². The van der Waals surface area contributed by atoms with Crippen molar-refractivity contribution < 1.29 is 9.18 Å². The molecule has 2 aromatic heterocycles. The number of nitriles is 1. The summed E-state index contributed by atoms with van der Waals surface area (Å²) in [7, 11) is 1.73. The third kappa shape index (κ3) is 2.30. The van der Waals surface area contributed by atoms with E-state index in [1.807, 2.05) is 6.07 Å². The first kappa shape index (κ1) is 13.9. The van der Waals surface area contributed by atoms with Crippen molar-refractivity contribution in [2.24, 2.45) is 7.05 Å². The minimum Gasteiger partial charge on any atom is -0.292 e. The molecule has 0 spiro atoms. The van der Waals surface area contributed by atoms with Gasteiger partial charge in [0, 0.05) is 12.7 Å². The molecule has 0 aromatic carbocycles. The van der Waals surface area contributed by atoms with Crippen LogP contribution in [0.5, 0.6) is 0 Å². The summed E-state index contributed by atoms with van der Waals surface area (Å²) in [5.74, 6) is -1.93. The maximum Gasteiger partial charge on any atom is 0.189 e. The van der Waals surface area contributed by atoms with Crippen LogP contribution in [0.25, 0.3) is 0 Å². The zero-order valence-corrected chi connectivity index (χ0v) is 11.4. The second kappa shape index (κ2) is 5.21. The molecule has 6 heteroatoms. The van der Waals surface area contributed by atoms with E-state index in [0.29, 0.717) is 17.0 Å². The first-order valence-corrected chi connectivity index (χ1v) is 6.01. The summed E-state index contributed by atoms with van der Waals surface area (Å²) in [6.45, 7) is 3.48. The van der Waals surface area contributed by atoms with Crippen molar-refractivity contribution in [1.82, 2.24) is 14.8 Å². The lowest BCUT2D eigenvalue weighted by Gasteiger charge is -2.08. The number of pyridine rings is 1. The number of hydrogen-bond donors (Lipinski definition) is 0. The molecule has 102 valence electrons. The number of halogens is 1. The lowest BCUT2D eigenvalue weighted by molar-refractivity contribution is 0.0976. The number of carbonyl (C=O) groups is 1. The molecule has 2 rings (SSSR count). The van der Waals surface area contributed by atoms with Gasteiger partial charge in [-0.1, -0.05) is 0 Å². The predicted molar refractivity (Wildman–Crippen MR) is 69.6 cm³/mol. The molecule has 0 N–H and O–H groups in total. The molecule has 0 aliphatic carbocycles. The number of carbonyl (C=O) groups excluding carboxylic acids is 1. The number of hydrogen-bond acceptors (Lipinski definition) is 4. The van der Waals surface area contributed by atoms with E-state index in [4.69, 9.17) is 0 Å². The van der Waals surface area contributed by atoms with Crippen LogP contribution in [0.4, 0.5) is 4.39 Å². The summed E-state index contributed by atoms with van der Waals surface area (Å²) in [4.78, 5) is 16.3. The fourth-order valence-corrected chi connectivity index (χ4v) is 2.09. The fourth-order valence-electron chi connectivity index (χ4n) is 2.09. The molecule has 0 radical (unpaired) electrons. The van der Waals surface area contributed by atoms with Gasteiger partial charge in [0.15, 0.2) is 11.7 Å². The maximum absolute atomic E-state index is 12.9. The maximum atomic E-state index is 12.9. The Balaban J connectivity index is 2.45. The number of ketones is 1. The molecule has 0 bridgehead atoms. The van der Waals surface area contributed by atoms with Crippen LogP contribution in [0.1, 0.15) is 33.4 Å². The summed E-state index contributed by atoms with van der Waals surface area (Å²) >= 11 is 0. The van der Waals surface area contributed by atoms with E-state index in [-0.39, 0.29) is 11.5 Å². The van der Waals surface area contributed by atoms with Crippen LogP contribution < -0.4 is 0 Å². The highest BCUT2D eigenvalue weighted by Crippen LogP contribution is 2.23. The highest BCUT2D eigenvalue weighted by atomic mass is 19.1. The van der Waals surface area contributed by atoms with Crippen molar-refractivity contribution >= 4 is 5.78 Å². The molecular weight excluding hydrogens is 259 g/mol. The van der Waals surface area contributed by atoms with E-state index in [0.717, 1.165) is 6.20 Å². The highest BCUT2D eigenvalue weighted by Gasteiger charge is 2.28. The quantitative estimate of drug-likeness (QED) is 0.802. The van der Waals surface area contributed by atoms with Crippen LogP contribution in [0.3, 0.4) is 0 Å². The normalized spacial score (nSPS) is 11.9. The summed E-state index contributed by atoms with van der Waals surface area (Å²) in [5.41, 5.74) is 1.92. The molecule has 20 heavy (non-hydrogen) atoms. The van der Waals surface area contributed by atoms with Crippen LogP contribution in [-0.4, -0.2) is 20.5 Å². The van der Waals surface area contributed by atoms with E-state index in [1.165, 1.54) is 12.1 Å². The highest BCUT2D eigenvalue weighted by molar-refractivity contribution is 6.04. The summed E-state index contributed by atoms with van der Waals surface area (Å²) in [5, 5.41) is 13.4. The van der Waals surface area contributed by atoms with Crippen molar-refractivity contribution in [3.63, 3.8) is 0 Å². The molecule has 0 aliphatic rings. The fraction of sp³-hybridized carbons (Fsp3) is 0.286. The Bertz CT molecular complexity index is 697. The number of aryl methyl sites for hydroxylation is 2. The van der Waals surface area contributed by atoms with Crippen molar-refractivity contribution in [2.75, 3.05) is 0 Å². The van der Waals surface area contributed by atoms with Gasteiger partial charge in [0.2, 0.25) is 0 Å². The third-order valence-electron chi connectivity index (χ3n) is 3.19. The Morgan fingerprint density at radius 1 is 1.45 bits per heavy atom. The number of aromatic nitrogens is 3. The van der Waals surface area contributed by atoms with E-state index >= 15 is 0 Å². The molecule has 2 aromatic rings. The largest absolute Gasteiger partial charge is 0.292 e. The van der Waals surface area contributed by atoms with Crippen molar-refractivity contribution in [3.05, 3.63) is 46.8 Å².